The number of hydrogen-bond acceptors (Lipinski definition) is 6. The predicted molar refractivity (Wildman–Crippen MR) is 130 cm³/mol. The fourth-order valence-corrected chi connectivity index (χ4v) is 5.96. The lowest BCUT2D eigenvalue weighted by Crippen LogP contribution is -2.69. The summed E-state index contributed by atoms with van der Waals surface area (Å²) in [5.41, 5.74) is 3.27. The zero-order chi connectivity index (χ0) is 22.6. The van der Waals surface area contributed by atoms with Crippen LogP contribution in [0, 0.1) is 5.92 Å². The Morgan fingerprint density at radius 2 is 2.03 bits per heavy atom. The number of amides is 2. The van der Waals surface area contributed by atoms with Crippen LogP contribution in [-0.2, 0) is 16.0 Å². The first-order chi connectivity index (χ1) is 16.2. The summed E-state index contributed by atoms with van der Waals surface area (Å²) >= 11 is 1.57. The Kier molecular flexibility index (Phi) is 6.75. The van der Waals surface area contributed by atoms with Gasteiger partial charge < -0.3 is 10.6 Å². The SMILES string of the molecule is O=C(NCCc1ccccn1)C1CCCN(C2NC(=O)C3SC=C(c4ccccc4)C3N2)C1. The lowest BCUT2D eigenvalue weighted by atomic mass is 9.94. The van der Waals surface area contributed by atoms with E-state index in [2.05, 4.69) is 43.4 Å². The minimum Gasteiger partial charge on any atom is -0.355 e. The molecule has 0 aliphatic carbocycles. The third-order valence-electron chi connectivity index (χ3n) is 6.56. The van der Waals surface area contributed by atoms with Crippen molar-refractivity contribution in [3.8, 4) is 0 Å². The van der Waals surface area contributed by atoms with Gasteiger partial charge in [-0.2, -0.15) is 0 Å². The van der Waals surface area contributed by atoms with Crippen molar-refractivity contribution in [2.45, 2.75) is 36.8 Å². The molecule has 0 spiro atoms. The zero-order valence-corrected chi connectivity index (χ0v) is 19.3. The van der Waals surface area contributed by atoms with Gasteiger partial charge in [-0.25, -0.2) is 0 Å². The number of nitrogens with zero attached hydrogens (tertiary/aromatic N) is 2. The molecule has 0 radical (unpaired) electrons. The smallest absolute Gasteiger partial charge is 0.237 e. The highest BCUT2D eigenvalue weighted by Crippen LogP contribution is 2.38. The second-order valence-corrected chi connectivity index (χ2v) is 9.76. The van der Waals surface area contributed by atoms with E-state index in [1.54, 1.807) is 18.0 Å². The van der Waals surface area contributed by atoms with Gasteiger partial charge in [-0.1, -0.05) is 36.4 Å². The fraction of sp³-hybridized carbons (Fsp3) is 0.400. The molecule has 0 saturated carbocycles. The van der Waals surface area contributed by atoms with Crippen molar-refractivity contribution in [2.24, 2.45) is 5.92 Å². The van der Waals surface area contributed by atoms with Crippen molar-refractivity contribution in [1.29, 1.82) is 0 Å². The number of nitrogens with one attached hydrogen (secondary N) is 3. The van der Waals surface area contributed by atoms with Crippen molar-refractivity contribution >= 4 is 29.1 Å². The maximum Gasteiger partial charge on any atom is 0.237 e. The maximum absolute atomic E-state index is 12.9. The molecule has 3 aliphatic rings. The van der Waals surface area contributed by atoms with E-state index in [1.807, 2.05) is 36.4 Å². The topological polar surface area (TPSA) is 86.4 Å². The van der Waals surface area contributed by atoms with Crippen LogP contribution < -0.4 is 16.0 Å². The Morgan fingerprint density at radius 3 is 2.85 bits per heavy atom. The second kappa shape index (κ2) is 10.1. The quantitative estimate of drug-likeness (QED) is 0.608. The number of likely N-dealkylation sites (tertiary alicyclic amines) is 1. The van der Waals surface area contributed by atoms with Crippen molar-refractivity contribution in [2.75, 3.05) is 19.6 Å². The summed E-state index contributed by atoms with van der Waals surface area (Å²) < 4.78 is 0. The molecule has 33 heavy (non-hydrogen) atoms. The third kappa shape index (κ3) is 4.98. The normalized spacial score (nSPS) is 27.4. The van der Waals surface area contributed by atoms with E-state index >= 15 is 0 Å². The van der Waals surface area contributed by atoms with E-state index < -0.39 is 0 Å². The van der Waals surface area contributed by atoms with Crippen molar-refractivity contribution in [3.05, 3.63) is 71.4 Å². The molecule has 0 bridgehead atoms. The molecule has 7 nitrogen and oxygen atoms in total. The molecule has 1 aromatic carbocycles. The van der Waals surface area contributed by atoms with Crippen LogP contribution in [0.1, 0.15) is 24.1 Å². The molecule has 3 aliphatic heterocycles. The van der Waals surface area contributed by atoms with Crippen molar-refractivity contribution < 1.29 is 9.59 Å². The molecule has 2 amide bonds. The third-order valence-corrected chi connectivity index (χ3v) is 7.73. The number of fused-ring (bicyclic) bond motifs is 1. The van der Waals surface area contributed by atoms with E-state index in [-0.39, 0.29) is 35.3 Å². The van der Waals surface area contributed by atoms with Crippen LogP contribution in [0.2, 0.25) is 0 Å². The van der Waals surface area contributed by atoms with Crippen LogP contribution >= 0.6 is 11.8 Å². The van der Waals surface area contributed by atoms with Crippen LogP contribution in [0.5, 0.6) is 0 Å². The minimum atomic E-state index is -0.270. The molecule has 5 rings (SSSR count). The largest absolute Gasteiger partial charge is 0.355 e. The molecule has 4 atom stereocenters. The molecular weight excluding hydrogens is 434 g/mol. The number of carbonyl (C=O) groups is 2. The number of aromatic nitrogens is 1. The van der Waals surface area contributed by atoms with Crippen LogP contribution in [-0.4, -0.2) is 58.9 Å². The Labute approximate surface area is 198 Å². The second-order valence-electron chi connectivity index (χ2n) is 8.75. The molecular formula is C25H29N5O2S. The summed E-state index contributed by atoms with van der Waals surface area (Å²) in [4.78, 5) is 32.2. The van der Waals surface area contributed by atoms with Gasteiger partial charge in [-0.3, -0.25) is 24.8 Å². The molecule has 3 N–H and O–H groups in total. The maximum atomic E-state index is 12.9. The van der Waals surface area contributed by atoms with E-state index in [0.29, 0.717) is 13.1 Å². The average molecular weight is 464 g/mol. The Balaban J connectivity index is 1.19. The van der Waals surface area contributed by atoms with Gasteiger partial charge in [0, 0.05) is 37.9 Å². The molecule has 4 heterocycles. The number of rotatable bonds is 6. The number of thioether (sulfide) groups is 1. The molecule has 8 heteroatoms. The highest BCUT2D eigenvalue weighted by molar-refractivity contribution is 8.04. The molecule has 1 aromatic heterocycles. The number of benzene rings is 1. The van der Waals surface area contributed by atoms with Gasteiger partial charge in [0.25, 0.3) is 0 Å². The Bertz CT molecular complexity index is 1020. The lowest BCUT2D eigenvalue weighted by Gasteiger charge is -2.43. The molecule has 2 fully saturated rings. The summed E-state index contributed by atoms with van der Waals surface area (Å²) in [6.07, 6.45) is 4.01. The first kappa shape index (κ1) is 22.1. The predicted octanol–water partition coefficient (Wildman–Crippen LogP) is 1.98. The van der Waals surface area contributed by atoms with Crippen molar-refractivity contribution in [3.63, 3.8) is 0 Å². The molecule has 2 aromatic rings. The molecule has 2 saturated heterocycles. The average Bonchev–Trinajstić information content (AvgIpc) is 3.30. The minimum absolute atomic E-state index is 0.0382. The van der Waals surface area contributed by atoms with Crippen LogP contribution in [0.25, 0.3) is 5.57 Å². The Morgan fingerprint density at radius 1 is 1.18 bits per heavy atom. The summed E-state index contributed by atoms with van der Waals surface area (Å²) in [5.74, 6) is 0.0517. The standard InChI is InChI=1S/C25H29N5O2S/c31-23(27-13-11-19-10-4-5-12-26-19)18-9-6-14-30(15-18)25-28-21-20(17-7-2-1-3-8-17)16-33-22(21)24(32)29-25/h1-5,7-8,10,12,16,18,21-22,25,28H,6,9,11,13-15H2,(H,27,31)(H,29,32). The molecule has 4 unspecified atom stereocenters. The van der Waals surface area contributed by atoms with Crippen LogP contribution in [0.3, 0.4) is 0 Å². The fourth-order valence-electron chi connectivity index (χ4n) is 4.81. The van der Waals surface area contributed by atoms with E-state index in [0.717, 1.165) is 42.6 Å². The number of hydrogen-bond donors (Lipinski definition) is 3. The first-order valence-electron chi connectivity index (χ1n) is 11.6. The van der Waals surface area contributed by atoms with Gasteiger partial charge in [0.05, 0.1) is 12.0 Å². The summed E-state index contributed by atoms with van der Waals surface area (Å²) in [6, 6.07) is 16.0. The zero-order valence-electron chi connectivity index (χ0n) is 18.4. The van der Waals surface area contributed by atoms with E-state index in [9.17, 15) is 9.59 Å². The van der Waals surface area contributed by atoms with E-state index in [4.69, 9.17) is 0 Å². The number of piperidine rings is 1. The van der Waals surface area contributed by atoms with Gasteiger partial charge in [0.1, 0.15) is 11.5 Å². The number of pyridine rings is 1. The van der Waals surface area contributed by atoms with E-state index in [1.165, 1.54) is 0 Å². The van der Waals surface area contributed by atoms with Gasteiger partial charge in [0.15, 0.2) is 0 Å². The first-order valence-corrected chi connectivity index (χ1v) is 12.5. The highest BCUT2D eigenvalue weighted by atomic mass is 32.2. The summed E-state index contributed by atoms with van der Waals surface area (Å²) in [5, 5.41) is 11.8. The van der Waals surface area contributed by atoms with Gasteiger partial charge in [-0.05, 0) is 41.5 Å². The van der Waals surface area contributed by atoms with Crippen LogP contribution in [0.15, 0.2) is 60.1 Å². The van der Waals surface area contributed by atoms with Crippen LogP contribution in [0.4, 0.5) is 0 Å². The monoisotopic (exact) mass is 463 g/mol. The summed E-state index contributed by atoms with van der Waals surface area (Å²) in [6.45, 7) is 2.06. The van der Waals surface area contributed by atoms with Gasteiger partial charge in [-0.15, -0.1) is 11.8 Å². The highest BCUT2D eigenvalue weighted by Gasteiger charge is 2.44. The number of carbonyl (C=O) groups excluding carboxylic acids is 2. The van der Waals surface area contributed by atoms with Crippen molar-refractivity contribution in [1.82, 2.24) is 25.8 Å². The Hall–Kier alpha value is -2.68. The summed E-state index contributed by atoms with van der Waals surface area (Å²) in [7, 11) is 0. The van der Waals surface area contributed by atoms with Gasteiger partial charge in [0.2, 0.25) is 11.8 Å². The van der Waals surface area contributed by atoms with Gasteiger partial charge >= 0.3 is 0 Å². The molecule has 172 valence electrons. The lowest BCUT2D eigenvalue weighted by molar-refractivity contribution is -0.129.